The van der Waals surface area contributed by atoms with Crippen molar-refractivity contribution in [3.63, 3.8) is 0 Å². The van der Waals surface area contributed by atoms with Gasteiger partial charge in [0.25, 0.3) is 5.91 Å². The molecule has 0 saturated carbocycles. The van der Waals surface area contributed by atoms with Crippen LogP contribution >= 0.6 is 0 Å². The molecule has 2 aromatic heterocycles. The molecule has 1 aliphatic rings. The Labute approximate surface area is 131 Å². The molecule has 1 fully saturated rings. The van der Waals surface area contributed by atoms with Gasteiger partial charge in [-0.15, -0.1) is 0 Å². The maximum atomic E-state index is 13.0. The molecule has 0 spiro atoms. The number of rotatable bonds is 1. The van der Waals surface area contributed by atoms with Gasteiger partial charge >= 0.3 is 0 Å². The number of fused-ring (bicyclic) bond motifs is 1. The van der Waals surface area contributed by atoms with Gasteiger partial charge in [-0.2, -0.15) is 5.10 Å². The highest BCUT2D eigenvalue weighted by Gasteiger charge is 2.26. The number of hydrogen-bond donors (Lipinski definition) is 0. The summed E-state index contributed by atoms with van der Waals surface area (Å²) >= 11 is 0. The van der Waals surface area contributed by atoms with Crippen LogP contribution < -0.4 is 0 Å². The monoisotopic (exact) mass is 300 g/mol. The minimum Gasteiger partial charge on any atom is -0.338 e. The molecule has 0 aliphatic carbocycles. The number of carbonyl (C=O) groups is 1. The van der Waals surface area contributed by atoms with E-state index in [9.17, 15) is 4.79 Å². The number of amides is 1. The van der Waals surface area contributed by atoms with E-state index in [1.165, 1.54) is 6.42 Å². The van der Waals surface area contributed by atoms with E-state index in [0.29, 0.717) is 17.1 Å². The molecule has 5 heteroatoms. The zero-order valence-corrected chi connectivity index (χ0v) is 13.9. The van der Waals surface area contributed by atoms with E-state index in [4.69, 9.17) is 0 Å². The third-order valence-electron chi connectivity index (χ3n) is 4.59. The van der Waals surface area contributed by atoms with Gasteiger partial charge in [-0.25, -0.2) is 9.50 Å². The normalized spacial score (nSPS) is 19.5. The van der Waals surface area contributed by atoms with E-state index >= 15 is 0 Å². The Bertz CT molecular complexity index is 719. The fourth-order valence-corrected chi connectivity index (χ4v) is 3.30. The lowest BCUT2D eigenvalue weighted by Crippen LogP contribution is -2.32. The Morgan fingerprint density at radius 1 is 1.23 bits per heavy atom. The highest BCUT2D eigenvalue weighted by Crippen LogP contribution is 2.22. The lowest BCUT2D eigenvalue weighted by Gasteiger charge is -2.20. The lowest BCUT2D eigenvalue weighted by molar-refractivity contribution is 0.0761. The van der Waals surface area contributed by atoms with Gasteiger partial charge in [0.05, 0.1) is 5.69 Å². The Hall–Kier alpha value is -1.91. The number of carbonyl (C=O) groups excluding carboxylic acids is 1. The summed E-state index contributed by atoms with van der Waals surface area (Å²) in [7, 11) is 0. The Kier molecular flexibility index (Phi) is 3.89. The second-order valence-electron chi connectivity index (χ2n) is 6.56. The summed E-state index contributed by atoms with van der Waals surface area (Å²) in [6.45, 7) is 9.79. The fraction of sp³-hybridized carbons (Fsp3) is 0.588. The third kappa shape index (κ3) is 2.60. The van der Waals surface area contributed by atoms with E-state index in [2.05, 4.69) is 17.0 Å². The zero-order valence-electron chi connectivity index (χ0n) is 13.9. The molecule has 3 heterocycles. The molecule has 22 heavy (non-hydrogen) atoms. The molecule has 0 bridgehead atoms. The molecule has 1 aliphatic heterocycles. The van der Waals surface area contributed by atoms with Crippen molar-refractivity contribution in [1.29, 1.82) is 0 Å². The first-order valence-electron chi connectivity index (χ1n) is 8.10. The Balaban J connectivity index is 2.02. The molecule has 1 atom stereocenters. The summed E-state index contributed by atoms with van der Waals surface area (Å²) in [5, 5.41) is 4.51. The number of hydrogen-bond acceptors (Lipinski definition) is 3. The van der Waals surface area contributed by atoms with Crippen molar-refractivity contribution in [2.75, 3.05) is 13.1 Å². The van der Waals surface area contributed by atoms with E-state index in [0.717, 1.165) is 43.0 Å². The van der Waals surface area contributed by atoms with Crippen LogP contribution in [0.4, 0.5) is 0 Å². The van der Waals surface area contributed by atoms with Crippen LogP contribution in [0.2, 0.25) is 0 Å². The Morgan fingerprint density at radius 3 is 2.77 bits per heavy atom. The van der Waals surface area contributed by atoms with Gasteiger partial charge in [0.1, 0.15) is 5.56 Å². The predicted molar refractivity (Wildman–Crippen MR) is 86.1 cm³/mol. The minimum atomic E-state index is 0.0825. The van der Waals surface area contributed by atoms with Crippen LogP contribution in [-0.4, -0.2) is 38.5 Å². The van der Waals surface area contributed by atoms with Gasteiger partial charge in [-0.1, -0.05) is 6.92 Å². The summed E-state index contributed by atoms with van der Waals surface area (Å²) in [5.41, 5.74) is 4.06. The molecular formula is C17H24N4O. The van der Waals surface area contributed by atoms with Gasteiger partial charge in [-0.3, -0.25) is 4.79 Å². The van der Waals surface area contributed by atoms with Crippen LogP contribution in [0.25, 0.3) is 5.65 Å². The number of aryl methyl sites for hydroxylation is 3. The van der Waals surface area contributed by atoms with Gasteiger partial charge in [0, 0.05) is 24.5 Å². The molecule has 2 aromatic rings. The second kappa shape index (κ2) is 5.71. The first-order chi connectivity index (χ1) is 10.5. The first-order valence-corrected chi connectivity index (χ1v) is 8.10. The average Bonchev–Trinajstić information content (AvgIpc) is 2.64. The molecular weight excluding hydrogens is 276 g/mol. The molecule has 5 nitrogen and oxygen atoms in total. The van der Waals surface area contributed by atoms with Crippen molar-refractivity contribution in [2.24, 2.45) is 5.92 Å². The molecule has 0 radical (unpaired) electrons. The Morgan fingerprint density at radius 2 is 2.00 bits per heavy atom. The van der Waals surface area contributed by atoms with Crippen molar-refractivity contribution in [1.82, 2.24) is 19.5 Å². The molecule has 118 valence electrons. The van der Waals surface area contributed by atoms with E-state index in [1.807, 2.05) is 31.7 Å². The van der Waals surface area contributed by atoms with Crippen LogP contribution in [0, 0.1) is 26.7 Å². The molecule has 0 aromatic carbocycles. The van der Waals surface area contributed by atoms with Crippen molar-refractivity contribution >= 4 is 11.6 Å². The van der Waals surface area contributed by atoms with Gasteiger partial charge in [0.15, 0.2) is 5.65 Å². The highest BCUT2D eigenvalue weighted by atomic mass is 16.2. The zero-order chi connectivity index (χ0) is 15.9. The van der Waals surface area contributed by atoms with Crippen LogP contribution in [0.1, 0.15) is 53.6 Å². The SMILES string of the molecule is Cc1cc(C)n2nc(C)c(C(=O)N3CCCC(C)CC3)c2n1. The first kappa shape index (κ1) is 15.0. The highest BCUT2D eigenvalue weighted by molar-refractivity contribution is 6.01. The smallest absolute Gasteiger partial charge is 0.259 e. The number of nitrogens with zero attached hydrogens (tertiary/aromatic N) is 4. The van der Waals surface area contributed by atoms with Crippen molar-refractivity contribution < 1.29 is 4.79 Å². The van der Waals surface area contributed by atoms with Crippen molar-refractivity contribution in [2.45, 2.75) is 47.0 Å². The standard InChI is InChI=1S/C17H24N4O/c1-11-6-5-8-20(9-7-11)17(22)15-14(4)19-21-13(3)10-12(2)18-16(15)21/h10-11H,5-9H2,1-4H3. The predicted octanol–water partition coefficient (Wildman–Crippen LogP) is 2.92. The molecule has 0 N–H and O–H groups in total. The second-order valence-corrected chi connectivity index (χ2v) is 6.56. The van der Waals surface area contributed by atoms with Crippen LogP contribution in [0.15, 0.2) is 6.07 Å². The lowest BCUT2D eigenvalue weighted by atomic mass is 10.0. The largest absolute Gasteiger partial charge is 0.338 e. The summed E-state index contributed by atoms with van der Waals surface area (Å²) in [5.74, 6) is 0.782. The summed E-state index contributed by atoms with van der Waals surface area (Å²) in [6, 6.07) is 1.99. The van der Waals surface area contributed by atoms with Gasteiger partial charge in [-0.05, 0) is 52.0 Å². The van der Waals surface area contributed by atoms with E-state index in [1.54, 1.807) is 4.52 Å². The quantitative estimate of drug-likeness (QED) is 0.813. The summed E-state index contributed by atoms with van der Waals surface area (Å²) in [6.07, 6.45) is 3.36. The number of likely N-dealkylation sites (tertiary alicyclic amines) is 1. The average molecular weight is 300 g/mol. The molecule has 1 unspecified atom stereocenters. The number of aromatic nitrogens is 3. The van der Waals surface area contributed by atoms with Crippen LogP contribution in [0.5, 0.6) is 0 Å². The summed E-state index contributed by atoms with van der Waals surface area (Å²) in [4.78, 5) is 19.6. The molecule has 1 saturated heterocycles. The van der Waals surface area contributed by atoms with Crippen molar-refractivity contribution in [3.8, 4) is 0 Å². The van der Waals surface area contributed by atoms with Gasteiger partial charge in [0.2, 0.25) is 0 Å². The fourth-order valence-electron chi connectivity index (χ4n) is 3.30. The maximum absolute atomic E-state index is 13.0. The summed E-state index contributed by atoms with van der Waals surface area (Å²) < 4.78 is 1.79. The molecule has 3 rings (SSSR count). The van der Waals surface area contributed by atoms with Crippen LogP contribution in [-0.2, 0) is 0 Å². The van der Waals surface area contributed by atoms with Crippen molar-refractivity contribution in [3.05, 3.63) is 28.7 Å². The van der Waals surface area contributed by atoms with Gasteiger partial charge < -0.3 is 4.90 Å². The molecule has 1 amide bonds. The van der Waals surface area contributed by atoms with Crippen LogP contribution in [0.3, 0.4) is 0 Å². The maximum Gasteiger partial charge on any atom is 0.259 e. The van der Waals surface area contributed by atoms with E-state index in [-0.39, 0.29) is 5.91 Å². The topological polar surface area (TPSA) is 50.5 Å². The third-order valence-corrected chi connectivity index (χ3v) is 4.59. The minimum absolute atomic E-state index is 0.0825. The van der Waals surface area contributed by atoms with E-state index < -0.39 is 0 Å².